The van der Waals surface area contributed by atoms with E-state index in [1.165, 1.54) is 0 Å². The van der Waals surface area contributed by atoms with Crippen LogP contribution in [0.4, 0.5) is 5.82 Å². The highest BCUT2D eigenvalue weighted by molar-refractivity contribution is 5.98. The Labute approximate surface area is 118 Å². The van der Waals surface area contributed by atoms with Crippen LogP contribution < -0.4 is 10.6 Å². The summed E-state index contributed by atoms with van der Waals surface area (Å²) >= 11 is 0. The highest BCUT2D eigenvalue weighted by Gasteiger charge is 2.13. The molecule has 1 amide bonds. The minimum atomic E-state index is -0.151. The van der Waals surface area contributed by atoms with Crippen molar-refractivity contribution in [3.8, 4) is 0 Å². The lowest BCUT2D eigenvalue weighted by Gasteiger charge is -2.13. The molecule has 0 bridgehead atoms. The smallest absolute Gasteiger partial charge is 0.255 e. The molecule has 0 atom stereocenters. The van der Waals surface area contributed by atoms with Crippen molar-refractivity contribution in [1.82, 2.24) is 20.1 Å². The van der Waals surface area contributed by atoms with Gasteiger partial charge >= 0.3 is 0 Å². The van der Waals surface area contributed by atoms with E-state index in [4.69, 9.17) is 0 Å². The minimum absolute atomic E-state index is 0.151. The van der Waals surface area contributed by atoms with Gasteiger partial charge in [0.25, 0.3) is 5.91 Å². The lowest BCUT2D eigenvalue weighted by Crippen LogP contribution is -2.26. The monoisotopic (exact) mass is 273 g/mol. The van der Waals surface area contributed by atoms with E-state index in [0.717, 1.165) is 5.69 Å². The van der Waals surface area contributed by atoms with E-state index in [1.54, 1.807) is 29.2 Å². The maximum atomic E-state index is 12.2. The van der Waals surface area contributed by atoms with Gasteiger partial charge in [0.15, 0.2) is 0 Å². The summed E-state index contributed by atoms with van der Waals surface area (Å²) in [6, 6.07) is 5.60. The van der Waals surface area contributed by atoms with Crippen molar-refractivity contribution in [1.29, 1.82) is 0 Å². The standard InChI is InChI=1S/C14H19N5O/c1-10(2)18-13-12(5-4-7-15-13)14(20)16-9-11-6-8-17-19(11)3/h4-8,10H,9H2,1-3H3,(H,15,18)(H,16,20). The first-order chi connectivity index (χ1) is 9.58. The highest BCUT2D eigenvalue weighted by Crippen LogP contribution is 2.12. The van der Waals surface area contributed by atoms with Crippen molar-refractivity contribution in [2.75, 3.05) is 5.32 Å². The molecule has 2 aromatic rings. The summed E-state index contributed by atoms with van der Waals surface area (Å²) in [7, 11) is 1.84. The molecule has 0 aliphatic heterocycles. The zero-order valence-corrected chi connectivity index (χ0v) is 11.9. The van der Waals surface area contributed by atoms with E-state index in [1.807, 2.05) is 27.0 Å². The molecule has 0 unspecified atom stereocenters. The van der Waals surface area contributed by atoms with Gasteiger partial charge in [-0.25, -0.2) is 4.98 Å². The first kappa shape index (κ1) is 14.0. The normalized spacial score (nSPS) is 10.6. The number of aryl methyl sites for hydroxylation is 1. The van der Waals surface area contributed by atoms with Crippen molar-refractivity contribution >= 4 is 11.7 Å². The number of carbonyl (C=O) groups excluding carboxylic acids is 1. The SMILES string of the molecule is CC(C)Nc1ncccc1C(=O)NCc1ccnn1C. The minimum Gasteiger partial charge on any atom is -0.367 e. The molecule has 0 aromatic carbocycles. The Kier molecular flexibility index (Phi) is 4.34. The lowest BCUT2D eigenvalue weighted by molar-refractivity contribution is 0.0950. The van der Waals surface area contributed by atoms with Crippen molar-refractivity contribution in [2.45, 2.75) is 26.4 Å². The number of nitrogens with one attached hydrogen (secondary N) is 2. The summed E-state index contributed by atoms with van der Waals surface area (Å²) in [5.41, 5.74) is 1.49. The Morgan fingerprint density at radius 3 is 2.80 bits per heavy atom. The summed E-state index contributed by atoms with van der Waals surface area (Å²) in [6.07, 6.45) is 3.37. The van der Waals surface area contributed by atoms with Crippen LogP contribution in [0.15, 0.2) is 30.6 Å². The quantitative estimate of drug-likeness (QED) is 0.867. The molecule has 2 aromatic heterocycles. The van der Waals surface area contributed by atoms with Crippen molar-refractivity contribution < 1.29 is 4.79 Å². The highest BCUT2D eigenvalue weighted by atomic mass is 16.1. The van der Waals surface area contributed by atoms with Crippen LogP contribution in [0.25, 0.3) is 0 Å². The Bertz CT molecular complexity index is 591. The van der Waals surface area contributed by atoms with Gasteiger partial charge in [-0.15, -0.1) is 0 Å². The van der Waals surface area contributed by atoms with Gasteiger partial charge in [0, 0.05) is 25.5 Å². The average Bonchev–Trinajstić information content (AvgIpc) is 2.81. The Hall–Kier alpha value is -2.37. The molecule has 0 aliphatic carbocycles. The number of hydrogen-bond donors (Lipinski definition) is 2. The van der Waals surface area contributed by atoms with Crippen LogP contribution in [-0.4, -0.2) is 26.7 Å². The molecule has 0 saturated heterocycles. The maximum absolute atomic E-state index is 12.2. The van der Waals surface area contributed by atoms with Gasteiger partial charge < -0.3 is 10.6 Å². The Balaban J connectivity index is 2.07. The molecular weight excluding hydrogens is 254 g/mol. The number of anilines is 1. The summed E-state index contributed by atoms with van der Waals surface area (Å²) in [5, 5.41) is 10.1. The van der Waals surface area contributed by atoms with Crippen LogP contribution >= 0.6 is 0 Å². The molecular formula is C14H19N5O. The van der Waals surface area contributed by atoms with Gasteiger partial charge in [-0.05, 0) is 32.0 Å². The van der Waals surface area contributed by atoms with Crippen molar-refractivity contribution in [2.24, 2.45) is 7.05 Å². The summed E-state index contributed by atoms with van der Waals surface area (Å²) < 4.78 is 1.73. The number of aromatic nitrogens is 3. The number of amides is 1. The molecule has 2 heterocycles. The predicted molar refractivity (Wildman–Crippen MR) is 77.4 cm³/mol. The third kappa shape index (κ3) is 3.34. The second-order valence-electron chi connectivity index (χ2n) is 4.83. The molecule has 2 rings (SSSR count). The zero-order chi connectivity index (χ0) is 14.5. The average molecular weight is 273 g/mol. The molecule has 20 heavy (non-hydrogen) atoms. The fraction of sp³-hybridized carbons (Fsp3) is 0.357. The summed E-state index contributed by atoms with van der Waals surface area (Å²) in [5.74, 6) is 0.451. The fourth-order valence-corrected chi connectivity index (χ4v) is 1.82. The van der Waals surface area contributed by atoms with Crippen LogP contribution in [0.2, 0.25) is 0 Å². The van der Waals surface area contributed by atoms with Gasteiger partial charge in [0.05, 0.1) is 17.8 Å². The molecule has 6 nitrogen and oxygen atoms in total. The van der Waals surface area contributed by atoms with Gasteiger partial charge in [-0.3, -0.25) is 9.48 Å². The number of pyridine rings is 1. The van der Waals surface area contributed by atoms with Crippen LogP contribution in [0.1, 0.15) is 29.9 Å². The van der Waals surface area contributed by atoms with Gasteiger partial charge in [0.2, 0.25) is 0 Å². The molecule has 2 N–H and O–H groups in total. The molecule has 0 saturated carbocycles. The third-order valence-corrected chi connectivity index (χ3v) is 2.83. The van der Waals surface area contributed by atoms with Crippen LogP contribution in [0, 0.1) is 0 Å². The van der Waals surface area contributed by atoms with Gasteiger partial charge in [-0.1, -0.05) is 0 Å². The third-order valence-electron chi connectivity index (χ3n) is 2.83. The van der Waals surface area contributed by atoms with Gasteiger partial charge in [-0.2, -0.15) is 5.10 Å². The van der Waals surface area contributed by atoms with E-state index in [9.17, 15) is 4.79 Å². The van der Waals surface area contributed by atoms with E-state index in [-0.39, 0.29) is 11.9 Å². The van der Waals surface area contributed by atoms with E-state index < -0.39 is 0 Å². The second kappa shape index (κ2) is 6.18. The molecule has 6 heteroatoms. The molecule has 0 spiro atoms. The van der Waals surface area contributed by atoms with Crippen LogP contribution in [0.3, 0.4) is 0 Å². The molecule has 0 radical (unpaired) electrons. The summed E-state index contributed by atoms with van der Waals surface area (Å²) in [4.78, 5) is 16.4. The van der Waals surface area contributed by atoms with Crippen molar-refractivity contribution in [3.05, 3.63) is 41.9 Å². The largest absolute Gasteiger partial charge is 0.367 e. The summed E-state index contributed by atoms with van der Waals surface area (Å²) in [6.45, 7) is 4.45. The van der Waals surface area contributed by atoms with E-state index in [2.05, 4.69) is 20.7 Å². The Morgan fingerprint density at radius 1 is 1.35 bits per heavy atom. The molecule has 106 valence electrons. The number of hydrogen-bond acceptors (Lipinski definition) is 4. The maximum Gasteiger partial charge on any atom is 0.255 e. The Morgan fingerprint density at radius 2 is 2.15 bits per heavy atom. The van der Waals surface area contributed by atoms with Gasteiger partial charge in [0.1, 0.15) is 5.82 Å². The number of rotatable bonds is 5. The zero-order valence-electron chi connectivity index (χ0n) is 11.9. The van der Waals surface area contributed by atoms with E-state index >= 15 is 0 Å². The van der Waals surface area contributed by atoms with E-state index in [0.29, 0.717) is 17.9 Å². The topological polar surface area (TPSA) is 71.8 Å². The number of carbonyl (C=O) groups is 1. The molecule has 0 fully saturated rings. The second-order valence-corrected chi connectivity index (χ2v) is 4.83. The lowest BCUT2D eigenvalue weighted by atomic mass is 10.2. The van der Waals surface area contributed by atoms with Crippen LogP contribution in [0.5, 0.6) is 0 Å². The fourth-order valence-electron chi connectivity index (χ4n) is 1.82. The van der Waals surface area contributed by atoms with Crippen LogP contribution in [-0.2, 0) is 13.6 Å². The predicted octanol–water partition coefficient (Wildman–Crippen LogP) is 1.57. The first-order valence-electron chi connectivity index (χ1n) is 6.54. The number of nitrogens with zero attached hydrogens (tertiary/aromatic N) is 3. The first-order valence-corrected chi connectivity index (χ1v) is 6.54. The molecule has 0 aliphatic rings. The van der Waals surface area contributed by atoms with Crippen molar-refractivity contribution in [3.63, 3.8) is 0 Å².